The van der Waals surface area contributed by atoms with Gasteiger partial charge in [-0.1, -0.05) is 36.4 Å². The van der Waals surface area contributed by atoms with Gasteiger partial charge in [0.1, 0.15) is 0 Å². The van der Waals surface area contributed by atoms with Crippen molar-refractivity contribution in [3.63, 3.8) is 0 Å². The average Bonchev–Trinajstić information content (AvgIpc) is 2.60. The maximum absolute atomic E-state index is 3.23. The van der Waals surface area contributed by atoms with E-state index in [4.69, 9.17) is 0 Å². The molecule has 0 aliphatic heterocycles. The third-order valence-electron chi connectivity index (χ3n) is 2.80. The van der Waals surface area contributed by atoms with Gasteiger partial charge in [-0.05, 0) is 22.4 Å². The van der Waals surface area contributed by atoms with Crippen molar-refractivity contribution in [2.45, 2.75) is 0 Å². The summed E-state index contributed by atoms with van der Waals surface area (Å²) in [7, 11) is 1.97. The van der Waals surface area contributed by atoms with Crippen molar-refractivity contribution in [2.24, 2.45) is 0 Å². The molecule has 2 aromatic carbocycles. The van der Waals surface area contributed by atoms with E-state index < -0.39 is 0 Å². The monoisotopic (exact) mass is 181 g/mol. The number of benzene rings is 2. The van der Waals surface area contributed by atoms with E-state index in [9.17, 15) is 0 Å². The second-order valence-corrected chi connectivity index (χ2v) is 3.56. The van der Waals surface area contributed by atoms with Crippen LogP contribution in [-0.4, -0.2) is 7.05 Å². The van der Waals surface area contributed by atoms with Crippen molar-refractivity contribution < 1.29 is 0 Å². The van der Waals surface area contributed by atoms with E-state index in [1.165, 1.54) is 27.6 Å². The molecular formula is C13H11N. The summed E-state index contributed by atoms with van der Waals surface area (Å²) >= 11 is 0. The molecule has 14 heavy (non-hydrogen) atoms. The van der Waals surface area contributed by atoms with Crippen LogP contribution in [-0.2, 0) is 0 Å². The lowest BCUT2D eigenvalue weighted by molar-refractivity contribution is 1.14. The molecule has 0 heterocycles. The molecule has 0 saturated heterocycles. The first-order valence-electron chi connectivity index (χ1n) is 4.82. The van der Waals surface area contributed by atoms with Crippen molar-refractivity contribution in [3.05, 3.63) is 47.5 Å². The fourth-order valence-electron chi connectivity index (χ4n) is 2.15. The smallest absolute Gasteiger partial charge is 0.0423 e. The fraction of sp³-hybridized carbons (Fsp3) is 0.0769. The van der Waals surface area contributed by atoms with Crippen LogP contribution in [0.3, 0.4) is 0 Å². The van der Waals surface area contributed by atoms with Gasteiger partial charge in [-0.2, -0.15) is 0 Å². The minimum absolute atomic E-state index is 1.22. The zero-order valence-corrected chi connectivity index (χ0v) is 8.04. The van der Waals surface area contributed by atoms with Gasteiger partial charge in [-0.15, -0.1) is 0 Å². The highest BCUT2D eigenvalue weighted by molar-refractivity contribution is 6.08. The van der Waals surface area contributed by atoms with E-state index in [2.05, 4.69) is 47.8 Å². The van der Waals surface area contributed by atoms with Crippen molar-refractivity contribution in [1.82, 2.24) is 5.32 Å². The van der Waals surface area contributed by atoms with Crippen LogP contribution in [0.5, 0.6) is 0 Å². The molecule has 3 rings (SSSR count). The van der Waals surface area contributed by atoms with E-state index in [0.29, 0.717) is 0 Å². The molecule has 2 aromatic rings. The zero-order valence-electron chi connectivity index (χ0n) is 8.04. The largest absolute Gasteiger partial charge is 0.388 e. The van der Waals surface area contributed by atoms with Gasteiger partial charge in [0, 0.05) is 18.3 Å². The maximum Gasteiger partial charge on any atom is 0.0423 e. The predicted octanol–water partition coefficient (Wildman–Crippen LogP) is 2.87. The Morgan fingerprint density at radius 3 is 2.57 bits per heavy atom. The Kier molecular flexibility index (Phi) is 1.42. The topological polar surface area (TPSA) is 12.0 Å². The molecule has 68 valence electrons. The van der Waals surface area contributed by atoms with Crippen LogP contribution >= 0.6 is 0 Å². The molecule has 1 heteroatoms. The summed E-state index contributed by atoms with van der Waals surface area (Å²) in [6.07, 6.45) is 2.21. The van der Waals surface area contributed by atoms with E-state index in [1.807, 2.05) is 7.05 Å². The van der Waals surface area contributed by atoms with Gasteiger partial charge < -0.3 is 5.32 Å². The Morgan fingerprint density at radius 2 is 1.79 bits per heavy atom. The molecule has 0 bridgehead atoms. The molecule has 0 atom stereocenters. The molecule has 0 amide bonds. The number of hydrogen-bond acceptors (Lipinski definition) is 1. The van der Waals surface area contributed by atoms with Crippen molar-refractivity contribution in [1.29, 1.82) is 0 Å². The minimum atomic E-state index is 1.22. The van der Waals surface area contributed by atoms with Crippen LogP contribution in [0, 0.1) is 0 Å². The average molecular weight is 181 g/mol. The van der Waals surface area contributed by atoms with Crippen molar-refractivity contribution >= 4 is 22.5 Å². The van der Waals surface area contributed by atoms with Gasteiger partial charge in [-0.25, -0.2) is 0 Å². The van der Waals surface area contributed by atoms with E-state index in [0.717, 1.165) is 0 Å². The van der Waals surface area contributed by atoms with Gasteiger partial charge in [0.25, 0.3) is 0 Å². The van der Waals surface area contributed by atoms with Gasteiger partial charge in [-0.3, -0.25) is 0 Å². The molecule has 1 N–H and O–H groups in total. The summed E-state index contributed by atoms with van der Waals surface area (Å²) in [5, 5.41) is 5.93. The second kappa shape index (κ2) is 2.61. The molecule has 1 aliphatic carbocycles. The Labute approximate surface area is 83.1 Å². The van der Waals surface area contributed by atoms with E-state index >= 15 is 0 Å². The first-order chi connectivity index (χ1) is 6.90. The Bertz CT molecular complexity index is 533. The van der Waals surface area contributed by atoms with Crippen LogP contribution in [0.25, 0.3) is 22.5 Å². The summed E-state index contributed by atoms with van der Waals surface area (Å²) in [4.78, 5) is 0. The molecule has 1 aliphatic rings. The second-order valence-electron chi connectivity index (χ2n) is 3.56. The molecule has 0 fully saturated rings. The summed E-state index contributed by atoms with van der Waals surface area (Å²) in [5.41, 5.74) is 3.86. The SMILES string of the molecule is CNC1=Cc2cccc3cccc1c23. The van der Waals surface area contributed by atoms with E-state index in [1.54, 1.807) is 0 Å². The van der Waals surface area contributed by atoms with Gasteiger partial charge in [0.05, 0.1) is 0 Å². The van der Waals surface area contributed by atoms with Crippen LogP contribution in [0.1, 0.15) is 11.1 Å². The minimum Gasteiger partial charge on any atom is -0.388 e. The third-order valence-corrected chi connectivity index (χ3v) is 2.80. The van der Waals surface area contributed by atoms with Crippen LogP contribution < -0.4 is 5.32 Å². The van der Waals surface area contributed by atoms with Crippen molar-refractivity contribution in [3.8, 4) is 0 Å². The summed E-state index contributed by atoms with van der Waals surface area (Å²) in [6, 6.07) is 12.9. The molecular weight excluding hydrogens is 170 g/mol. The Hall–Kier alpha value is -1.76. The highest BCUT2D eigenvalue weighted by Crippen LogP contribution is 2.34. The van der Waals surface area contributed by atoms with Crippen molar-refractivity contribution in [2.75, 3.05) is 7.05 Å². The molecule has 0 radical (unpaired) electrons. The van der Waals surface area contributed by atoms with Gasteiger partial charge in [0.15, 0.2) is 0 Å². The fourth-order valence-corrected chi connectivity index (χ4v) is 2.15. The standard InChI is InChI=1S/C13H11N/c1-14-12-8-10-6-2-4-9-5-3-7-11(12)13(9)10/h2-8,14H,1H3. The lowest BCUT2D eigenvalue weighted by atomic mass is 10.0. The highest BCUT2D eigenvalue weighted by atomic mass is 14.8. The number of hydrogen-bond donors (Lipinski definition) is 1. The lowest BCUT2D eigenvalue weighted by Crippen LogP contribution is -2.01. The normalized spacial score (nSPS) is 13.1. The van der Waals surface area contributed by atoms with Crippen LogP contribution in [0.15, 0.2) is 36.4 Å². The zero-order chi connectivity index (χ0) is 9.54. The molecule has 0 saturated carbocycles. The predicted molar refractivity (Wildman–Crippen MR) is 60.9 cm³/mol. The Morgan fingerprint density at radius 1 is 1.00 bits per heavy atom. The molecule has 0 aromatic heterocycles. The number of nitrogens with one attached hydrogen (secondary N) is 1. The maximum atomic E-state index is 3.23. The molecule has 0 spiro atoms. The highest BCUT2D eigenvalue weighted by Gasteiger charge is 2.13. The Balaban J connectivity index is 2.46. The molecule has 1 nitrogen and oxygen atoms in total. The summed E-state index contributed by atoms with van der Waals surface area (Å²) in [5.74, 6) is 0. The third kappa shape index (κ3) is 0.841. The summed E-state index contributed by atoms with van der Waals surface area (Å²) in [6.45, 7) is 0. The van der Waals surface area contributed by atoms with Gasteiger partial charge in [0.2, 0.25) is 0 Å². The lowest BCUT2D eigenvalue weighted by Gasteiger charge is -2.04. The van der Waals surface area contributed by atoms with Gasteiger partial charge >= 0.3 is 0 Å². The van der Waals surface area contributed by atoms with E-state index in [-0.39, 0.29) is 0 Å². The van der Waals surface area contributed by atoms with Crippen LogP contribution in [0.2, 0.25) is 0 Å². The number of rotatable bonds is 1. The first kappa shape index (κ1) is 7.63. The first-order valence-corrected chi connectivity index (χ1v) is 4.82. The molecule has 0 unspecified atom stereocenters. The van der Waals surface area contributed by atoms with Crippen LogP contribution in [0.4, 0.5) is 0 Å². The quantitative estimate of drug-likeness (QED) is 0.713. The summed E-state index contributed by atoms with van der Waals surface area (Å²) < 4.78 is 0.